The molecule has 154 valence electrons. The standard InChI is InChI=1S/C22H26N2O5/c1-27-15-10-11-17(20(13-15)28-2)19-9-6-12-24(19)14-21(25)23-18-8-5-4-7-16(18)22(26)29-3/h4-5,7-8,10-11,13,19H,6,9,12,14H2,1-3H3,(H,23,25)/p+1/t19-/m1/s1. The minimum atomic E-state index is -0.477. The van der Waals surface area contributed by atoms with Crippen molar-refractivity contribution < 1.29 is 28.7 Å². The molecule has 2 aromatic rings. The molecule has 0 radical (unpaired) electrons. The van der Waals surface area contributed by atoms with Crippen LogP contribution in [0.3, 0.4) is 0 Å². The van der Waals surface area contributed by atoms with Crippen LogP contribution in [-0.2, 0) is 9.53 Å². The van der Waals surface area contributed by atoms with Crippen molar-refractivity contribution in [3.8, 4) is 11.5 Å². The summed E-state index contributed by atoms with van der Waals surface area (Å²) in [5.74, 6) is 0.887. The van der Waals surface area contributed by atoms with Crippen molar-refractivity contribution in [3.05, 3.63) is 53.6 Å². The third-order valence-corrected chi connectivity index (χ3v) is 5.29. The van der Waals surface area contributed by atoms with E-state index in [1.54, 1.807) is 38.5 Å². The summed E-state index contributed by atoms with van der Waals surface area (Å²) >= 11 is 0. The second-order valence-corrected chi connectivity index (χ2v) is 6.97. The molecule has 1 aliphatic rings. The average Bonchev–Trinajstić information content (AvgIpc) is 3.20. The van der Waals surface area contributed by atoms with E-state index in [4.69, 9.17) is 14.2 Å². The number of esters is 1. The second kappa shape index (κ2) is 9.43. The van der Waals surface area contributed by atoms with Crippen LogP contribution in [0.25, 0.3) is 0 Å². The monoisotopic (exact) mass is 399 g/mol. The van der Waals surface area contributed by atoms with E-state index in [2.05, 4.69) is 5.32 Å². The molecule has 7 nitrogen and oxygen atoms in total. The molecular formula is C22H27N2O5+. The van der Waals surface area contributed by atoms with Crippen LogP contribution >= 0.6 is 0 Å². The lowest BCUT2D eigenvalue weighted by atomic mass is 10.0. The van der Waals surface area contributed by atoms with Gasteiger partial charge in [-0.1, -0.05) is 12.1 Å². The first kappa shape index (κ1) is 20.7. The van der Waals surface area contributed by atoms with E-state index in [0.29, 0.717) is 17.8 Å². The lowest BCUT2D eigenvalue weighted by Gasteiger charge is -2.23. The highest BCUT2D eigenvalue weighted by Crippen LogP contribution is 2.31. The Labute approximate surface area is 170 Å². The lowest BCUT2D eigenvalue weighted by Crippen LogP contribution is -3.11. The van der Waals surface area contributed by atoms with E-state index in [0.717, 1.165) is 36.4 Å². The van der Waals surface area contributed by atoms with Gasteiger partial charge in [0.1, 0.15) is 17.5 Å². The number of methoxy groups -OCH3 is 3. The second-order valence-electron chi connectivity index (χ2n) is 6.97. The maximum Gasteiger partial charge on any atom is 0.339 e. The molecule has 0 aromatic heterocycles. The summed E-state index contributed by atoms with van der Waals surface area (Å²) in [5, 5.41) is 2.86. The van der Waals surface area contributed by atoms with Gasteiger partial charge >= 0.3 is 5.97 Å². The van der Waals surface area contributed by atoms with E-state index in [1.165, 1.54) is 12.0 Å². The van der Waals surface area contributed by atoms with Crippen molar-refractivity contribution in [3.63, 3.8) is 0 Å². The Hall–Kier alpha value is -3.06. The van der Waals surface area contributed by atoms with E-state index in [9.17, 15) is 9.59 Å². The van der Waals surface area contributed by atoms with Gasteiger partial charge in [-0.3, -0.25) is 4.79 Å². The molecule has 1 heterocycles. The molecule has 29 heavy (non-hydrogen) atoms. The van der Waals surface area contributed by atoms with Gasteiger partial charge < -0.3 is 24.4 Å². The molecule has 2 aromatic carbocycles. The number of carbonyl (C=O) groups is 2. The van der Waals surface area contributed by atoms with Gasteiger partial charge in [0.25, 0.3) is 5.91 Å². The maximum absolute atomic E-state index is 12.7. The number of quaternary nitrogens is 1. The Bertz CT molecular complexity index is 883. The molecule has 0 bridgehead atoms. The van der Waals surface area contributed by atoms with Crippen LogP contribution in [0.5, 0.6) is 11.5 Å². The molecule has 1 amide bonds. The molecule has 1 saturated heterocycles. The molecule has 1 unspecified atom stereocenters. The van der Waals surface area contributed by atoms with Gasteiger partial charge in [0, 0.05) is 18.9 Å². The number of ether oxygens (including phenoxy) is 3. The van der Waals surface area contributed by atoms with Crippen LogP contribution in [0.1, 0.15) is 34.8 Å². The normalized spacial score (nSPS) is 18.2. The van der Waals surface area contributed by atoms with Crippen molar-refractivity contribution in [2.75, 3.05) is 39.7 Å². The zero-order valence-corrected chi connectivity index (χ0v) is 17.0. The molecule has 0 spiro atoms. The van der Waals surface area contributed by atoms with Gasteiger partial charge in [-0.05, 0) is 24.3 Å². The van der Waals surface area contributed by atoms with Gasteiger partial charge in [-0.25, -0.2) is 4.79 Å². The first-order chi connectivity index (χ1) is 14.1. The van der Waals surface area contributed by atoms with Crippen molar-refractivity contribution in [2.45, 2.75) is 18.9 Å². The largest absolute Gasteiger partial charge is 0.497 e. The fourth-order valence-corrected chi connectivity index (χ4v) is 3.89. The van der Waals surface area contributed by atoms with Gasteiger partial charge in [-0.15, -0.1) is 0 Å². The van der Waals surface area contributed by atoms with E-state index >= 15 is 0 Å². The third kappa shape index (κ3) is 4.68. The minimum Gasteiger partial charge on any atom is -0.497 e. The van der Waals surface area contributed by atoms with E-state index in [-0.39, 0.29) is 11.9 Å². The lowest BCUT2D eigenvalue weighted by molar-refractivity contribution is -0.910. The number of amides is 1. The summed E-state index contributed by atoms with van der Waals surface area (Å²) in [5.41, 5.74) is 1.87. The number of hydrogen-bond acceptors (Lipinski definition) is 5. The predicted octanol–water partition coefficient (Wildman–Crippen LogP) is 1.85. The Morgan fingerprint density at radius 3 is 2.62 bits per heavy atom. The Balaban J connectivity index is 1.74. The Morgan fingerprint density at radius 2 is 1.90 bits per heavy atom. The smallest absolute Gasteiger partial charge is 0.339 e. The summed E-state index contributed by atoms with van der Waals surface area (Å²) in [4.78, 5) is 25.8. The number of hydrogen-bond donors (Lipinski definition) is 2. The number of rotatable bonds is 7. The summed E-state index contributed by atoms with van der Waals surface area (Å²) in [6.45, 7) is 1.20. The fraction of sp³-hybridized carbons (Fsp3) is 0.364. The van der Waals surface area contributed by atoms with Crippen LogP contribution in [0.4, 0.5) is 5.69 Å². The third-order valence-electron chi connectivity index (χ3n) is 5.29. The topological polar surface area (TPSA) is 78.3 Å². The van der Waals surface area contributed by atoms with Crippen LogP contribution in [0.15, 0.2) is 42.5 Å². The highest BCUT2D eigenvalue weighted by atomic mass is 16.5. The summed E-state index contributed by atoms with van der Waals surface area (Å²) in [7, 11) is 4.59. The number of para-hydroxylation sites is 1. The van der Waals surface area contributed by atoms with Crippen molar-refractivity contribution in [1.29, 1.82) is 0 Å². The number of benzene rings is 2. The maximum atomic E-state index is 12.7. The number of anilines is 1. The van der Waals surface area contributed by atoms with Gasteiger partial charge in [0.05, 0.1) is 44.7 Å². The molecule has 3 rings (SSSR count). The first-order valence-electron chi connectivity index (χ1n) is 9.61. The van der Waals surface area contributed by atoms with Crippen LogP contribution in [-0.4, -0.2) is 46.3 Å². The molecule has 1 aliphatic heterocycles. The van der Waals surface area contributed by atoms with Crippen molar-refractivity contribution in [1.82, 2.24) is 0 Å². The number of likely N-dealkylation sites (tertiary alicyclic amines) is 1. The Morgan fingerprint density at radius 1 is 1.10 bits per heavy atom. The average molecular weight is 399 g/mol. The van der Waals surface area contributed by atoms with E-state index < -0.39 is 5.97 Å². The SMILES string of the molecule is COC(=O)c1ccccc1NC(=O)C[NH+]1CCC[C@@H]1c1ccc(OC)cc1OC. The molecule has 0 aliphatic carbocycles. The quantitative estimate of drug-likeness (QED) is 0.695. The highest BCUT2D eigenvalue weighted by molar-refractivity contribution is 6.01. The van der Waals surface area contributed by atoms with Crippen LogP contribution in [0, 0.1) is 0 Å². The molecular weight excluding hydrogens is 372 g/mol. The van der Waals surface area contributed by atoms with Crippen LogP contribution < -0.4 is 19.7 Å². The van der Waals surface area contributed by atoms with Gasteiger partial charge in [0.15, 0.2) is 6.54 Å². The zero-order valence-electron chi connectivity index (χ0n) is 17.0. The fourth-order valence-electron chi connectivity index (χ4n) is 3.89. The van der Waals surface area contributed by atoms with E-state index in [1.807, 2.05) is 18.2 Å². The number of carbonyl (C=O) groups excluding carboxylic acids is 2. The van der Waals surface area contributed by atoms with Gasteiger partial charge in [0.2, 0.25) is 0 Å². The first-order valence-corrected chi connectivity index (χ1v) is 9.61. The molecule has 7 heteroatoms. The predicted molar refractivity (Wildman–Crippen MR) is 109 cm³/mol. The Kier molecular flexibility index (Phi) is 6.72. The molecule has 2 atom stereocenters. The number of nitrogens with one attached hydrogen (secondary N) is 2. The summed E-state index contributed by atoms with van der Waals surface area (Å²) < 4.78 is 15.6. The zero-order chi connectivity index (χ0) is 20.8. The summed E-state index contributed by atoms with van der Waals surface area (Å²) in [6, 6.07) is 12.8. The van der Waals surface area contributed by atoms with Crippen molar-refractivity contribution >= 4 is 17.6 Å². The van der Waals surface area contributed by atoms with Gasteiger partial charge in [-0.2, -0.15) is 0 Å². The summed E-state index contributed by atoms with van der Waals surface area (Å²) in [6.07, 6.45) is 2.01. The highest BCUT2D eigenvalue weighted by Gasteiger charge is 2.34. The van der Waals surface area contributed by atoms with Crippen LogP contribution in [0.2, 0.25) is 0 Å². The molecule has 1 fully saturated rings. The molecule has 2 N–H and O–H groups in total. The minimum absolute atomic E-state index is 0.143. The van der Waals surface area contributed by atoms with Crippen molar-refractivity contribution in [2.24, 2.45) is 0 Å². The molecule has 0 saturated carbocycles.